The van der Waals surface area contributed by atoms with E-state index >= 15 is 0 Å². The Balaban J connectivity index is 2.01. The maximum absolute atomic E-state index is 13.9. The summed E-state index contributed by atoms with van der Waals surface area (Å²) in [5, 5.41) is 10.9. The van der Waals surface area contributed by atoms with E-state index in [0.717, 1.165) is 10.8 Å². The van der Waals surface area contributed by atoms with Crippen molar-refractivity contribution in [3.05, 3.63) is 72.0 Å². The molecule has 0 unspecified atom stereocenters. The lowest BCUT2D eigenvalue weighted by molar-refractivity contribution is 0.281. The first-order valence-electron chi connectivity index (χ1n) is 6.33. The van der Waals surface area contributed by atoms with Crippen molar-refractivity contribution in [2.75, 3.05) is 0 Å². The number of aliphatic hydroxyl groups excluding tert-OH is 1. The molecule has 3 aromatic rings. The van der Waals surface area contributed by atoms with Crippen LogP contribution in [-0.2, 0) is 6.61 Å². The van der Waals surface area contributed by atoms with Gasteiger partial charge in [-0.3, -0.25) is 0 Å². The first-order chi connectivity index (χ1) is 9.78. The number of halogens is 1. The smallest absolute Gasteiger partial charge is 0.166 e. The van der Waals surface area contributed by atoms with Gasteiger partial charge in [0.1, 0.15) is 5.75 Å². The summed E-state index contributed by atoms with van der Waals surface area (Å²) in [6, 6.07) is 17.9. The molecule has 0 aliphatic heterocycles. The summed E-state index contributed by atoms with van der Waals surface area (Å²) in [5.74, 6) is 0.279. The summed E-state index contributed by atoms with van der Waals surface area (Å²) in [7, 11) is 0. The molecule has 0 aromatic heterocycles. The zero-order chi connectivity index (χ0) is 13.9. The van der Waals surface area contributed by atoms with E-state index in [1.165, 1.54) is 12.1 Å². The van der Waals surface area contributed by atoms with Crippen LogP contribution in [0, 0.1) is 5.82 Å². The molecule has 20 heavy (non-hydrogen) atoms. The Bertz CT molecular complexity index is 748. The molecule has 0 saturated carbocycles. The summed E-state index contributed by atoms with van der Waals surface area (Å²) < 4.78 is 19.6. The molecule has 0 atom stereocenters. The molecule has 0 amide bonds. The van der Waals surface area contributed by atoms with Crippen molar-refractivity contribution < 1.29 is 14.2 Å². The highest BCUT2D eigenvalue weighted by Crippen LogP contribution is 2.31. The zero-order valence-corrected chi connectivity index (χ0v) is 10.7. The van der Waals surface area contributed by atoms with Crippen LogP contribution < -0.4 is 4.74 Å². The predicted octanol–water partition coefficient (Wildman–Crippen LogP) is 4.26. The van der Waals surface area contributed by atoms with Gasteiger partial charge in [-0.25, -0.2) is 4.39 Å². The van der Waals surface area contributed by atoms with Gasteiger partial charge in [-0.05, 0) is 29.1 Å². The van der Waals surface area contributed by atoms with Crippen LogP contribution in [0.15, 0.2) is 60.7 Å². The maximum atomic E-state index is 13.9. The Morgan fingerprint density at radius 3 is 2.50 bits per heavy atom. The van der Waals surface area contributed by atoms with Gasteiger partial charge in [-0.15, -0.1) is 0 Å². The molecular weight excluding hydrogens is 255 g/mol. The SMILES string of the molecule is OCc1ccc(Oc2cccc3ccccc23)c(F)c1. The lowest BCUT2D eigenvalue weighted by atomic mass is 10.1. The quantitative estimate of drug-likeness (QED) is 0.769. The number of benzene rings is 3. The van der Waals surface area contributed by atoms with Crippen molar-refractivity contribution in [3.8, 4) is 11.5 Å². The molecule has 3 aromatic carbocycles. The van der Waals surface area contributed by atoms with Crippen LogP contribution in [0.5, 0.6) is 11.5 Å². The number of hydrogen-bond donors (Lipinski definition) is 1. The van der Waals surface area contributed by atoms with E-state index in [0.29, 0.717) is 11.3 Å². The van der Waals surface area contributed by atoms with Crippen LogP contribution in [0.25, 0.3) is 10.8 Å². The molecule has 0 heterocycles. The van der Waals surface area contributed by atoms with Gasteiger partial charge in [0.15, 0.2) is 11.6 Å². The molecule has 2 nitrogen and oxygen atoms in total. The predicted molar refractivity (Wildman–Crippen MR) is 76.3 cm³/mol. The molecule has 100 valence electrons. The van der Waals surface area contributed by atoms with Crippen molar-refractivity contribution in [2.24, 2.45) is 0 Å². The molecule has 0 aliphatic rings. The third-order valence-electron chi connectivity index (χ3n) is 3.15. The lowest BCUT2D eigenvalue weighted by Crippen LogP contribution is -1.92. The molecule has 0 fully saturated rings. The molecule has 0 bridgehead atoms. The van der Waals surface area contributed by atoms with E-state index in [4.69, 9.17) is 9.84 Å². The minimum Gasteiger partial charge on any atom is -0.454 e. The van der Waals surface area contributed by atoms with E-state index in [2.05, 4.69) is 0 Å². The fourth-order valence-corrected chi connectivity index (χ4v) is 2.13. The van der Waals surface area contributed by atoms with Crippen LogP contribution in [0.1, 0.15) is 5.56 Å². The number of rotatable bonds is 3. The van der Waals surface area contributed by atoms with E-state index in [-0.39, 0.29) is 12.4 Å². The standard InChI is InChI=1S/C17H13FO2/c18-15-10-12(11-19)8-9-17(15)20-16-7-3-5-13-4-1-2-6-14(13)16/h1-10,19H,11H2. The van der Waals surface area contributed by atoms with Crippen molar-refractivity contribution in [2.45, 2.75) is 6.61 Å². The van der Waals surface area contributed by atoms with E-state index < -0.39 is 5.82 Å². The van der Waals surface area contributed by atoms with Crippen LogP contribution >= 0.6 is 0 Å². The van der Waals surface area contributed by atoms with Gasteiger partial charge in [-0.1, -0.05) is 42.5 Å². The van der Waals surface area contributed by atoms with Gasteiger partial charge in [0.2, 0.25) is 0 Å². The normalized spacial score (nSPS) is 10.7. The summed E-state index contributed by atoms with van der Waals surface area (Å²) in [5.41, 5.74) is 0.521. The van der Waals surface area contributed by atoms with Gasteiger partial charge < -0.3 is 9.84 Å². The Kier molecular flexibility index (Phi) is 3.35. The van der Waals surface area contributed by atoms with Crippen LogP contribution in [0.3, 0.4) is 0 Å². The average Bonchev–Trinajstić information content (AvgIpc) is 2.49. The van der Waals surface area contributed by atoms with Gasteiger partial charge in [0.25, 0.3) is 0 Å². The van der Waals surface area contributed by atoms with Crippen LogP contribution in [0.4, 0.5) is 4.39 Å². The first-order valence-corrected chi connectivity index (χ1v) is 6.33. The highest BCUT2D eigenvalue weighted by Gasteiger charge is 2.08. The van der Waals surface area contributed by atoms with Crippen LogP contribution in [-0.4, -0.2) is 5.11 Å². The maximum Gasteiger partial charge on any atom is 0.166 e. The molecule has 3 heteroatoms. The number of hydrogen-bond acceptors (Lipinski definition) is 2. The molecule has 0 spiro atoms. The lowest BCUT2D eigenvalue weighted by Gasteiger charge is -2.10. The Labute approximate surface area is 116 Å². The fourth-order valence-electron chi connectivity index (χ4n) is 2.13. The van der Waals surface area contributed by atoms with Crippen molar-refractivity contribution in [1.82, 2.24) is 0 Å². The minimum absolute atomic E-state index is 0.151. The number of ether oxygens (including phenoxy) is 1. The summed E-state index contributed by atoms with van der Waals surface area (Å²) in [6.07, 6.45) is 0. The monoisotopic (exact) mass is 268 g/mol. The van der Waals surface area contributed by atoms with Crippen LogP contribution in [0.2, 0.25) is 0 Å². The van der Waals surface area contributed by atoms with E-state index in [1.54, 1.807) is 6.07 Å². The molecule has 1 N–H and O–H groups in total. The third-order valence-corrected chi connectivity index (χ3v) is 3.15. The molecule has 0 aliphatic carbocycles. The second-order valence-electron chi connectivity index (χ2n) is 4.50. The average molecular weight is 268 g/mol. The number of aliphatic hydroxyl groups is 1. The summed E-state index contributed by atoms with van der Waals surface area (Å²) >= 11 is 0. The fraction of sp³-hybridized carbons (Fsp3) is 0.0588. The van der Waals surface area contributed by atoms with E-state index in [1.807, 2.05) is 42.5 Å². The molecule has 3 rings (SSSR count). The van der Waals surface area contributed by atoms with Gasteiger partial charge in [-0.2, -0.15) is 0 Å². The van der Waals surface area contributed by atoms with Crippen molar-refractivity contribution >= 4 is 10.8 Å². The van der Waals surface area contributed by atoms with Crippen molar-refractivity contribution in [1.29, 1.82) is 0 Å². The summed E-state index contributed by atoms with van der Waals surface area (Å²) in [6.45, 7) is -0.189. The van der Waals surface area contributed by atoms with Crippen molar-refractivity contribution in [3.63, 3.8) is 0 Å². The summed E-state index contributed by atoms with van der Waals surface area (Å²) in [4.78, 5) is 0. The Hall–Kier alpha value is -2.39. The largest absolute Gasteiger partial charge is 0.454 e. The highest BCUT2D eigenvalue weighted by molar-refractivity contribution is 5.88. The van der Waals surface area contributed by atoms with Gasteiger partial charge >= 0.3 is 0 Å². The second-order valence-corrected chi connectivity index (χ2v) is 4.50. The highest BCUT2D eigenvalue weighted by atomic mass is 19.1. The van der Waals surface area contributed by atoms with Gasteiger partial charge in [0.05, 0.1) is 6.61 Å². The third kappa shape index (κ3) is 2.36. The topological polar surface area (TPSA) is 29.5 Å². The Morgan fingerprint density at radius 2 is 1.70 bits per heavy atom. The molecule has 0 saturated heterocycles. The molecular formula is C17H13FO2. The van der Waals surface area contributed by atoms with E-state index in [9.17, 15) is 4.39 Å². The first kappa shape index (κ1) is 12.6. The zero-order valence-electron chi connectivity index (χ0n) is 10.7. The minimum atomic E-state index is -0.482. The molecule has 0 radical (unpaired) electrons. The Morgan fingerprint density at radius 1 is 0.900 bits per heavy atom. The second kappa shape index (κ2) is 5.31. The van der Waals surface area contributed by atoms with Gasteiger partial charge in [0, 0.05) is 5.39 Å². The number of fused-ring (bicyclic) bond motifs is 1.